The van der Waals surface area contributed by atoms with Crippen molar-refractivity contribution in [1.82, 2.24) is 10.3 Å². The van der Waals surface area contributed by atoms with E-state index < -0.39 is 0 Å². The van der Waals surface area contributed by atoms with E-state index in [9.17, 15) is 4.79 Å². The van der Waals surface area contributed by atoms with Crippen LogP contribution in [0.3, 0.4) is 0 Å². The van der Waals surface area contributed by atoms with Gasteiger partial charge in [0.25, 0.3) is 0 Å². The average Bonchev–Trinajstić information content (AvgIpc) is 2.64. The summed E-state index contributed by atoms with van der Waals surface area (Å²) in [7, 11) is 0. The highest BCUT2D eigenvalue weighted by Crippen LogP contribution is 2.33. The van der Waals surface area contributed by atoms with E-state index in [0.29, 0.717) is 6.54 Å². The number of carbonyl (C=O) groups excluding carboxylic acids is 1. The van der Waals surface area contributed by atoms with Crippen molar-refractivity contribution >= 4 is 35.1 Å². The number of hydrogen-bond donors (Lipinski definition) is 2. The van der Waals surface area contributed by atoms with E-state index in [1.54, 1.807) is 24.2 Å². The van der Waals surface area contributed by atoms with Crippen LogP contribution in [0, 0.1) is 0 Å². The van der Waals surface area contributed by atoms with E-state index in [-0.39, 0.29) is 6.03 Å². The van der Waals surface area contributed by atoms with E-state index in [1.807, 2.05) is 60.7 Å². The van der Waals surface area contributed by atoms with Crippen LogP contribution in [0.4, 0.5) is 10.5 Å². The topological polar surface area (TPSA) is 54.0 Å². The minimum absolute atomic E-state index is 0.247. The zero-order valence-electron chi connectivity index (χ0n) is 13.3. The number of aromatic nitrogens is 1. The minimum Gasteiger partial charge on any atom is -0.334 e. The van der Waals surface area contributed by atoms with Gasteiger partial charge in [-0.2, -0.15) is 0 Å². The van der Waals surface area contributed by atoms with Crippen molar-refractivity contribution in [3.63, 3.8) is 0 Å². The lowest BCUT2D eigenvalue weighted by molar-refractivity contribution is 0.251. The summed E-state index contributed by atoms with van der Waals surface area (Å²) in [6.07, 6.45) is 3.40. The van der Waals surface area contributed by atoms with Crippen LogP contribution in [0.15, 0.2) is 82.8 Å². The normalized spacial score (nSPS) is 10.3. The lowest BCUT2D eigenvalue weighted by Gasteiger charge is -2.09. The largest absolute Gasteiger partial charge is 0.334 e. The third-order valence-electron chi connectivity index (χ3n) is 3.38. The lowest BCUT2D eigenvalue weighted by atomic mass is 10.3. The summed E-state index contributed by atoms with van der Waals surface area (Å²) in [6, 6.07) is 18.8. The predicted octanol–water partition coefficient (Wildman–Crippen LogP) is 5.21. The maximum Gasteiger partial charge on any atom is 0.319 e. The third kappa shape index (κ3) is 5.24. The summed E-state index contributed by atoms with van der Waals surface area (Å²) < 4.78 is 0. The summed E-state index contributed by atoms with van der Waals surface area (Å²) in [6.45, 7) is 0.453. The summed E-state index contributed by atoms with van der Waals surface area (Å²) >= 11 is 7.75. The van der Waals surface area contributed by atoms with Gasteiger partial charge < -0.3 is 10.6 Å². The summed E-state index contributed by atoms with van der Waals surface area (Å²) in [5.74, 6) is 0. The van der Waals surface area contributed by atoms with Gasteiger partial charge in [-0.05, 0) is 54.1 Å². The number of urea groups is 1. The SMILES string of the molecule is O=C(NCc1ccncc1)Nc1ccc(Sc2ccccc2Cl)cc1. The van der Waals surface area contributed by atoms with Gasteiger partial charge in [-0.15, -0.1) is 0 Å². The molecule has 0 unspecified atom stereocenters. The molecule has 0 spiro atoms. The van der Waals surface area contributed by atoms with E-state index in [2.05, 4.69) is 15.6 Å². The molecule has 3 aromatic rings. The molecule has 0 fully saturated rings. The maximum absolute atomic E-state index is 11.9. The molecule has 0 aliphatic carbocycles. The highest BCUT2D eigenvalue weighted by atomic mass is 35.5. The van der Waals surface area contributed by atoms with Gasteiger partial charge in [0, 0.05) is 34.4 Å². The molecule has 4 nitrogen and oxygen atoms in total. The van der Waals surface area contributed by atoms with Crippen molar-refractivity contribution in [2.45, 2.75) is 16.3 Å². The molecule has 2 amide bonds. The van der Waals surface area contributed by atoms with Crippen LogP contribution in [0.5, 0.6) is 0 Å². The van der Waals surface area contributed by atoms with E-state index in [1.165, 1.54) is 0 Å². The second-order valence-corrected chi connectivity index (χ2v) is 6.74. The van der Waals surface area contributed by atoms with Crippen LogP contribution in [0.1, 0.15) is 5.56 Å². The van der Waals surface area contributed by atoms with Gasteiger partial charge in [-0.3, -0.25) is 4.98 Å². The molecule has 2 aromatic carbocycles. The minimum atomic E-state index is -0.247. The van der Waals surface area contributed by atoms with E-state index >= 15 is 0 Å². The number of hydrogen-bond acceptors (Lipinski definition) is 3. The number of pyridine rings is 1. The van der Waals surface area contributed by atoms with Crippen molar-refractivity contribution in [1.29, 1.82) is 0 Å². The first kappa shape index (κ1) is 17.3. The number of amides is 2. The summed E-state index contributed by atoms with van der Waals surface area (Å²) in [5.41, 5.74) is 1.73. The quantitative estimate of drug-likeness (QED) is 0.649. The Balaban J connectivity index is 1.53. The molecule has 0 radical (unpaired) electrons. The fourth-order valence-corrected chi connectivity index (χ4v) is 3.21. The molecule has 126 valence electrons. The van der Waals surface area contributed by atoms with Crippen molar-refractivity contribution in [2.24, 2.45) is 0 Å². The molecule has 2 N–H and O–H groups in total. The number of nitrogens with one attached hydrogen (secondary N) is 2. The van der Waals surface area contributed by atoms with Gasteiger partial charge in [0.1, 0.15) is 0 Å². The molecule has 6 heteroatoms. The first-order valence-corrected chi connectivity index (χ1v) is 8.86. The maximum atomic E-state index is 11.9. The summed E-state index contributed by atoms with van der Waals surface area (Å²) in [5, 5.41) is 6.35. The number of rotatable bonds is 5. The first-order valence-electron chi connectivity index (χ1n) is 7.67. The molecule has 0 bridgehead atoms. The van der Waals surface area contributed by atoms with Crippen molar-refractivity contribution in [2.75, 3.05) is 5.32 Å². The van der Waals surface area contributed by atoms with Gasteiger partial charge >= 0.3 is 6.03 Å². The first-order chi connectivity index (χ1) is 12.2. The second kappa shape index (κ2) is 8.55. The van der Waals surface area contributed by atoms with Crippen LogP contribution >= 0.6 is 23.4 Å². The molecule has 3 rings (SSSR count). The van der Waals surface area contributed by atoms with Crippen molar-refractivity contribution in [3.8, 4) is 0 Å². The Bertz CT molecular complexity index is 841. The highest BCUT2D eigenvalue weighted by Gasteiger charge is 2.04. The van der Waals surface area contributed by atoms with Gasteiger partial charge in [0.2, 0.25) is 0 Å². The van der Waals surface area contributed by atoms with Crippen LogP contribution in [-0.2, 0) is 6.54 Å². The number of carbonyl (C=O) groups is 1. The van der Waals surface area contributed by atoms with Gasteiger partial charge in [0.05, 0.1) is 5.02 Å². The van der Waals surface area contributed by atoms with E-state index in [0.717, 1.165) is 26.1 Å². The molecule has 0 aliphatic rings. The summed E-state index contributed by atoms with van der Waals surface area (Å²) in [4.78, 5) is 17.9. The van der Waals surface area contributed by atoms with Crippen LogP contribution in [0.2, 0.25) is 5.02 Å². The van der Waals surface area contributed by atoms with Gasteiger partial charge in [-0.1, -0.05) is 35.5 Å². The lowest BCUT2D eigenvalue weighted by Crippen LogP contribution is -2.28. The Morgan fingerprint density at radius 1 is 1.00 bits per heavy atom. The Labute approximate surface area is 155 Å². The Hall–Kier alpha value is -2.50. The van der Waals surface area contributed by atoms with Gasteiger partial charge in [-0.25, -0.2) is 4.79 Å². The molecule has 1 heterocycles. The smallest absolute Gasteiger partial charge is 0.319 e. The molecule has 0 saturated heterocycles. The molecule has 25 heavy (non-hydrogen) atoms. The van der Waals surface area contributed by atoms with Crippen LogP contribution in [0.25, 0.3) is 0 Å². The number of anilines is 1. The fourth-order valence-electron chi connectivity index (χ4n) is 2.12. The van der Waals surface area contributed by atoms with Crippen molar-refractivity contribution < 1.29 is 4.79 Å². The zero-order valence-corrected chi connectivity index (χ0v) is 14.8. The molecule has 0 saturated carbocycles. The average molecular weight is 370 g/mol. The second-order valence-electron chi connectivity index (χ2n) is 5.22. The monoisotopic (exact) mass is 369 g/mol. The van der Waals surface area contributed by atoms with Crippen LogP contribution < -0.4 is 10.6 Å². The number of nitrogens with zero attached hydrogens (tertiary/aromatic N) is 1. The number of halogens is 1. The standard InChI is InChI=1S/C19H16ClN3OS/c20-17-3-1-2-4-18(17)25-16-7-5-15(6-8-16)23-19(24)22-13-14-9-11-21-12-10-14/h1-12H,13H2,(H2,22,23,24). The Morgan fingerprint density at radius 2 is 1.72 bits per heavy atom. The molecule has 1 aromatic heterocycles. The number of benzene rings is 2. The highest BCUT2D eigenvalue weighted by molar-refractivity contribution is 7.99. The van der Waals surface area contributed by atoms with Crippen molar-refractivity contribution in [3.05, 3.63) is 83.6 Å². The molecule has 0 atom stereocenters. The van der Waals surface area contributed by atoms with E-state index in [4.69, 9.17) is 11.6 Å². The Morgan fingerprint density at radius 3 is 2.44 bits per heavy atom. The van der Waals surface area contributed by atoms with Gasteiger partial charge in [0.15, 0.2) is 0 Å². The third-order valence-corrected chi connectivity index (χ3v) is 4.90. The Kier molecular flexibility index (Phi) is 5.93. The molecular formula is C19H16ClN3OS. The van der Waals surface area contributed by atoms with Crippen LogP contribution in [-0.4, -0.2) is 11.0 Å². The predicted molar refractivity (Wildman–Crippen MR) is 102 cm³/mol. The molecular weight excluding hydrogens is 354 g/mol. The molecule has 0 aliphatic heterocycles. The zero-order chi connectivity index (χ0) is 17.5. The fraction of sp³-hybridized carbons (Fsp3) is 0.0526.